The third-order valence-electron chi connectivity index (χ3n) is 2.68. The van der Waals surface area contributed by atoms with E-state index in [1.54, 1.807) is 6.92 Å². The van der Waals surface area contributed by atoms with Gasteiger partial charge in [-0.3, -0.25) is 0 Å². The molecule has 2 aromatic rings. The van der Waals surface area contributed by atoms with Crippen LogP contribution in [0.3, 0.4) is 0 Å². The largest absolute Gasteiger partial charge is 0.393 e. The number of hydrogen-bond donors (Lipinski definition) is 2. The first-order valence-electron chi connectivity index (χ1n) is 4.96. The molecule has 1 atom stereocenters. The number of hydrogen-bond acceptors (Lipinski definition) is 2. The average molecular weight is 202 g/mol. The Balaban J connectivity index is 2.71. The molecule has 0 bridgehead atoms. The highest BCUT2D eigenvalue weighted by atomic mass is 16.3. The minimum atomic E-state index is -1.18. The first kappa shape index (κ1) is 10.1. The van der Waals surface area contributed by atoms with Gasteiger partial charge in [-0.05, 0) is 23.3 Å². The molecule has 0 saturated carbocycles. The molecule has 0 radical (unpaired) electrons. The van der Waals surface area contributed by atoms with Crippen molar-refractivity contribution in [3.63, 3.8) is 0 Å². The molecule has 2 nitrogen and oxygen atoms in total. The fourth-order valence-corrected chi connectivity index (χ4v) is 1.78. The Hall–Kier alpha value is -1.38. The molecule has 0 aromatic heterocycles. The van der Waals surface area contributed by atoms with E-state index in [9.17, 15) is 5.11 Å². The molecule has 2 rings (SSSR count). The van der Waals surface area contributed by atoms with E-state index in [2.05, 4.69) is 0 Å². The Morgan fingerprint density at radius 3 is 2.47 bits per heavy atom. The highest BCUT2D eigenvalue weighted by molar-refractivity contribution is 5.86. The second-order valence-electron chi connectivity index (χ2n) is 3.96. The number of fused-ring (bicyclic) bond motifs is 1. The van der Waals surface area contributed by atoms with Crippen molar-refractivity contribution in [2.24, 2.45) is 0 Å². The average Bonchev–Trinajstić information content (AvgIpc) is 2.28. The van der Waals surface area contributed by atoms with Crippen LogP contribution in [0, 0.1) is 0 Å². The van der Waals surface area contributed by atoms with Gasteiger partial charge in [-0.25, -0.2) is 0 Å². The van der Waals surface area contributed by atoms with Crippen LogP contribution in [0.5, 0.6) is 0 Å². The topological polar surface area (TPSA) is 40.5 Å². The van der Waals surface area contributed by atoms with Gasteiger partial charge in [0.2, 0.25) is 0 Å². The molecule has 0 heterocycles. The number of aliphatic hydroxyl groups excluding tert-OH is 1. The van der Waals surface area contributed by atoms with Crippen LogP contribution in [0.2, 0.25) is 0 Å². The van der Waals surface area contributed by atoms with Gasteiger partial charge in [0.05, 0.1) is 6.61 Å². The first-order valence-corrected chi connectivity index (χ1v) is 4.96. The Labute approximate surface area is 88.8 Å². The summed E-state index contributed by atoms with van der Waals surface area (Å²) in [6.45, 7) is 1.34. The van der Waals surface area contributed by atoms with Crippen molar-refractivity contribution < 1.29 is 10.2 Å². The lowest BCUT2D eigenvalue weighted by Gasteiger charge is -2.22. The zero-order valence-electron chi connectivity index (χ0n) is 8.64. The first-order chi connectivity index (χ1) is 7.15. The smallest absolute Gasteiger partial charge is 0.110 e. The van der Waals surface area contributed by atoms with E-state index in [0.29, 0.717) is 0 Å². The molecule has 0 amide bonds. The molecule has 0 aliphatic rings. The molecule has 78 valence electrons. The third kappa shape index (κ3) is 1.74. The SMILES string of the molecule is C[C@@](O)(CO)c1cccc2ccccc12. The molecule has 0 aliphatic carbocycles. The van der Waals surface area contributed by atoms with E-state index in [0.717, 1.165) is 16.3 Å². The Morgan fingerprint density at radius 2 is 1.73 bits per heavy atom. The van der Waals surface area contributed by atoms with Gasteiger partial charge in [-0.2, -0.15) is 0 Å². The number of aliphatic hydroxyl groups is 2. The third-order valence-corrected chi connectivity index (χ3v) is 2.68. The van der Waals surface area contributed by atoms with Crippen LogP contribution in [-0.4, -0.2) is 16.8 Å². The zero-order valence-corrected chi connectivity index (χ0v) is 8.64. The maximum Gasteiger partial charge on any atom is 0.110 e. The van der Waals surface area contributed by atoms with E-state index >= 15 is 0 Å². The van der Waals surface area contributed by atoms with Crippen molar-refractivity contribution in [2.75, 3.05) is 6.61 Å². The van der Waals surface area contributed by atoms with E-state index in [1.807, 2.05) is 42.5 Å². The molecule has 0 spiro atoms. The molecule has 0 fully saturated rings. The zero-order chi connectivity index (χ0) is 10.9. The molecule has 2 heteroatoms. The standard InChI is InChI=1S/C13H14O2/c1-13(15,9-14)12-8-4-6-10-5-2-3-7-11(10)12/h2-8,14-15H,9H2,1H3/t13-/m1/s1. The van der Waals surface area contributed by atoms with Gasteiger partial charge < -0.3 is 10.2 Å². The van der Waals surface area contributed by atoms with Gasteiger partial charge in [0, 0.05) is 0 Å². The van der Waals surface area contributed by atoms with Crippen molar-refractivity contribution in [1.29, 1.82) is 0 Å². The normalized spacial score (nSPS) is 15.1. The van der Waals surface area contributed by atoms with Crippen molar-refractivity contribution in [3.05, 3.63) is 48.0 Å². The lowest BCUT2D eigenvalue weighted by molar-refractivity contribution is -0.00104. The van der Waals surface area contributed by atoms with Crippen LogP contribution < -0.4 is 0 Å². The van der Waals surface area contributed by atoms with Gasteiger partial charge in [-0.1, -0.05) is 42.5 Å². The predicted octanol–water partition coefficient (Wildman–Crippen LogP) is 2.04. The van der Waals surface area contributed by atoms with Crippen molar-refractivity contribution in [1.82, 2.24) is 0 Å². The maximum atomic E-state index is 10.0. The van der Waals surface area contributed by atoms with Gasteiger partial charge in [-0.15, -0.1) is 0 Å². The highest BCUT2D eigenvalue weighted by Crippen LogP contribution is 2.27. The summed E-state index contributed by atoms with van der Waals surface area (Å²) in [6, 6.07) is 13.6. The second kappa shape index (κ2) is 3.65. The predicted molar refractivity (Wildman–Crippen MR) is 60.6 cm³/mol. The van der Waals surface area contributed by atoms with Gasteiger partial charge in [0.15, 0.2) is 0 Å². The summed E-state index contributed by atoms with van der Waals surface area (Å²) in [7, 11) is 0. The van der Waals surface area contributed by atoms with E-state index < -0.39 is 5.60 Å². The molecule has 2 aromatic carbocycles. The van der Waals surface area contributed by atoms with Gasteiger partial charge >= 0.3 is 0 Å². The summed E-state index contributed by atoms with van der Waals surface area (Å²) in [5.74, 6) is 0. The molecule has 0 unspecified atom stereocenters. The van der Waals surface area contributed by atoms with E-state index in [-0.39, 0.29) is 6.61 Å². The summed E-state index contributed by atoms with van der Waals surface area (Å²) < 4.78 is 0. The summed E-state index contributed by atoms with van der Waals surface area (Å²) in [6.07, 6.45) is 0. The lowest BCUT2D eigenvalue weighted by atomic mass is 9.92. The summed E-state index contributed by atoms with van der Waals surface area (Å²) in [5, 5.41) is 21.3. The molecule has 2 N–H and O–H groups in total. The summed E-state index contributed by atoms with van der Waals surface area (Å²) in [5.41, 5.74) is -0.413. The lowest BCUT2D eigenvalue weighted by Crippen LogP contribution is -2.26. The van der Waals surface area contributed by atoms with Crippen LogP contribution in [0.15, 0.2) is 42.5 Å². The van der Waals surface area contributed by atoms with Gasteiger partial charge in [0.1, 0.15) is 5.60 Å². The molecule has 0 saturated heterocycles. The quantitative estimate of drug-likeness (QED) is 0.782. The maximum absolute atomic E-state index is 10.0. The Morgan fingerprint density at radius 1 is 1.07 bits per heavy atom. The van der Waals surface area contributed by atoms with Crippen LogP contribution in [0.25, 0.3) is 10.8 Å². The number of rotatable bonds is 2. The summed E-state index contributed by atoms with van der Waals surface area (Å²) in [4.78, 5) is 0. The molecular weight excluding hydrogens is 188 g/mol. The van der Waals surface area contributed by atoms with Crippen molar-refractivity contribution in [3.8, 4) is 0 Å². The van der Waals surface area contributed by atoms with Gasteiger partial charge in [0.25, 0.3) is 0 Å². The summed E-state index contributed by atoms with van der Waals surface area (Å²) >= 11 is 0. The van der Waals surface area contributed by atoms with Crippen LogP contribution >= 0.6 is 0 Å². The van der Waals surface area contributed by atoms with Crippen LogP contribution in [0.4, 0.5) is 0 Å². The number of benzene rings is 2. The molecule has 15 heavy (non-hydrogen) atoms. The highest BCUT2D eigenvalue weighted by Gasteiger charge is 2.23. The van der Waals surface area contributed by atoms with E-state index in [1.165, 1.54) is 0 Å². The Bertz CT molecular complexity index is 469. The van der Waals surface area contributed by atoms with Crippen LogP contribution in [-0.2, 0) is 5.60 Å². The minimum Gasteiger partial charge on any atom is -0.393 e. The van der Waals surface area contributed by atoms with Crippen molar-refractivity contribution >= 4 is 10.8 Å². The second-order valence-corrected chi connectivity index (χ2v) is 3.96. The fraction of sp³-hybridized carbons (Fsp3) is 0.231. The Kier molecular flexibility index (Phi) is 2.47. The van der Waals surface area contributed by atoms with Crippen LogP contribution in [0.1, 0.15) is 12.5 Å². The van der Waals surface area contributed by atoms with E-state index in [4.69, 9.17) is 5.11 Å². The molecule has 0 aliphatic heterocycles. The fourth-order valence-electron chi connectivity index (χ4n) is 1.78. The molecular formula is C13H14O2. The monoisotopic (exact) mass is 202 g/mol. The van der Waals surface area contributed by atoms with Crippen molar-refractivity contribution in [2.45, 2.75) is 12.5 Å². The minimum absolute atomic E-state index is 0.277.